The lowest BCUT2D eigenvalue weighted by atomic mass is 10.1. The summed E-state index contributed by atoms with van der Waals surface area (Å²) in [5.74, 6) is 0.601. The first-order valence-electron chi connectivity index (χ1n) is 11.1. The Hall–Kier alpha value is -3.33. The third kappa shape index (κ3) is 4.88. The Labute approximate surface area is 193 Å². The number of nitrogens with zero attached hydrogens (tertiary/aromatic N) is 5. The van der Waals surface area contributed by atoms with Gasteiger partial charge in [-0.25, -0.2) is 19.3 Å². The minimum absolute atomic E-state index is 0.0290. The number of amides is 1. The molecule has 3 heterocycles. The Balaban J connectivity index is 1.50. The van der Waals surface area contributed by atoms with Gasteiger partial charge in [-0.15, -0.1) is 0 Å². The minimum atomic E-state index is -0.531. The number of aryl methyl sites for hydroxylation is 1. The summed E-state index contributed by atoms with van der Waals surface area (Å²) >= 11 is 0. The van der Waals surface area contributed by atoms with Crippen LogP contribution in [0.2, 0.25) is 0 Å². The van der Waals surface area contributed by atoms with Crippen LogP contribution in [0.4, 0.5) is 16.0 Å². The fourth-order valence-electron chi connectivity index (χ4n) is 4.06. The first kappa shape index (κ1) is 22.8. The Morgan fingerprint density at radius 1 is 1.21 bits per heavy atom. The van der Waals surface area contributed by atoms with Crippen LogP contribution in [0.25, 0.3) is 11.4 Å². The van der Waals surface area contributed by atoms with E-state index in [0.717, 1.165) is 31.4 Å². The molecule has 1 fully saturated rings. The predicted octanol–water partition coefficient (Wildman–Crippen LogP) is 3.96. The van der Waals surface area contributed by atoms with Gasteiger partial charge in [-0.05, 0) is 57.6 Å². The lowest BCUT2D eigenvalue weighted by molar-refractivity contribution is 0.0783. The Morgan fingerprint density at radius 2 is 1.94 bits per heavy atom. The second-order valence-electron chi connectivity index (χ2n) is 8.99. The van der Waals surface area contributed by atoms with Crippen LogP contribution in [0.3, 0.4) is 0 Å². The second kappa shape index (κ2) is 9.27. The molecular formula is C24H30FN7O. The number of anilines is 2. The van der Waals surface area contributed by atoms with Gasteiger partial charge in [-0.1, -0.05) is 13.8 Å². The van der Waals surface area contributed by atoms with Gasteiger partial charge < -0.3 is 20.1 Å². The van der Waals surface area contributed by atoms with E-state index < -0.39 is 5.82 Å². The Morgan fingerprint density at radius 3 is 2.58 bits per heavy atom. The highest BCUT2D eigenvalue weighted by Gasteiger charge is 2.28. The maximum absolute atomic E-state index is 14.6. The Bertz CT molecular complexity index is 1140. The standard InChI is InChI=1S/C24H30FN7O/c1-14(2)20-22(28-15(3)27-20)21-19(25)12-26-24(30-21)29-17-8-6-16(7-9-17)23(33)32-11-10-18(13-32)31(4)5/h6-9,12,14,18H,10-11,13H2,1-5H3,(H,27,28)(H,26,29,30)/t18-/m0/s1. The van der Waals surface area contributed by atoms with E-state index in [1.54, 1.807) is 24.3 Å². The van der Waals surface area contributed by atoms with Gasteiger partial charge in [-0.3, -0.25) is 4.79 Å². The van der Waals surface area contributed by atoms with Gasteiger partial charge in [0.25, 0.3) is 5.91 Å². The van der Waals surface area contributed by atoms with Crippen LogP contribution in [0.5, 0.6) is 0 Å². The van der Waals surface area contributed by atoms with E-state index in [2.05, 4.69) is 30.2 Å². The number of benzene rings is 1. The van der Waals surface area contributed by atoms with Crippen LogP contribution < -0.4 is 5.32 Å². The second-order valence-corrected chi connectivity index (χ2v) is 8.99. The van der Waals surface area contributed by atoms with E-state index in [1.165, 1.54) is 0 Å². The number of carbonyl (C=O) groups excluding carboxylic acids is 1. The van der Waals surface area contributed by atoms with Crippen LogP contribution >= 0.6 is 0 Å². The first-order valence-corrected chi connectivity index (χ1v) is 11.1. The number of likely N-dealkylation sites (N-methyl/N-ethyl adjacent to an activating group) is 1. The van der Waals surface area contributed by atoms with Crippen molar-refractivity contribution in [3.8, 4) is 11.4 Å². The molecule has 1 saturated heterocycles. The van der Waals surface area contributed by atoms with Crippen molar-refractivity contribution in [2.75, 3.05) is 32.5 Å². The minimum Gasteiger partial charge on any atom is -0.345 e. The average Bonchev–Trinajstić information content (AvgIpc) is 3.42. The van der Waals surface area contributed by atoms with Crippen molar-refractivity contribution in [1.82, 2.24) is 29.7 Å². The maximum Gasteiger partial charge on any atom is 0.253 e. The van der Waals surface area contributed by atoms with Gasteiger partial charge in [0.2, 0.25) is 5.95 Å². The number of halogens is 1. The van der Waals surface area contributed by atoms with Crippen LogP contribution in [0.1, 0.15) is 48.1 Å². The fourth-order valence-corrected chi connectivity index (χ4v) is 4.06. The van der Waals surface area contributed by atoms with Crippen LogP contribution in [-0.2, 0) is 0 Å². The molecule has 9 heteroatoms. The van der Waals surface area contributed by atoms with E-state index in [4.69, 9.17) is 0 Å². The molecular weight excluding hydrogens is 421 g/mol. The summed E-state index contributed by atoms with van der Waals surface area (Å²) in [4.78, 5) is 33.0. The van der Waals surface area contributed by atoms with Gasteiger partial charge in [-0.2, -0.15) is 0 Å². The Kier molecular flexibility index (Phi) is 6.42. The number of hydrogen-bond acceptors (Lipinski definition) is 6. The molecule has 2 aromatic heterocycles. The van der Waals surface area contributed by atoms with Crippen molar-refractivity contribution in [2.24, 2.45) is 0 Å². The number of rotatable bonds is 6. The third-order valence-electron chi connectivity index (χ3n) is 5.96. The molecule has 0 unspecified atom stereocenters. The molecule has 1 aliphatic rings. The molecule has 0 bridgehead atoms. The number of likely N-dealkylation sites (tertiary alicyclic amines) is 1. The zero-order valence-electron chi connectivity index (χ0n) is 19.7. The molecule has 3 aromatic rings. The van der Waals surface area contributed by atoms with Crippen molar-refractivity contribution < 1.29 is 9.18 Å². The molecule has 4 rings (SSSR count). The largest absolute Gasteiger partial charge is 0.345 e. The zero-order valence-corrected chi connectivity index (χ0v) is 19.7. The van der Waals surface area contributed by atoms with Crippen molar-refractivity contribution in [3.63, 3.8) is 0 Å². The summed E-state index contributed by atoms with van der Waals surface area (Å²) in [7, 11) is 4.08. The number of imidazole rings is 1. The summed E-state index contributed by atoms with van der Waals surface area (Å²) in [5.41, 5.74) is 2.82. The summed E-state index contributed by atoms with van der Waals surface area (Å²) in [6, 6.07) is 7.57. The number of aromatic nitrogens is 4. The molecule has 2 N–H and O–H groups in total. The lowest BCUT2D eigenvalue weighted by Gasteiger charge is -2.20. The van der Waals surface area contributed by atoms with Crippen LogP contribution in [0.15, 0.2) is 30.5 Å². The molecule has 33 heavy (non-hydrogen) atoms. The van der Waals surface area contributed by atoms with Gasteiger partial charge in [0.05, 0.1) is 6.20 Å². The number of H-pyrrole nitrogens is 1. The van der Waals surface area contributed by atoms with Gasteiger partial charge in [0, 0.05) is 36.1 Å². The van der Waals surface area contributed by atoms with E-state index in [-0.39, 0.29) is 23.5 Å². The van der Waals surface area contributed by atoms with E-state index in [9.17, 15) is 9.18 Å². The van der Waals surface area contributed by atoms with Crippen molar-refractivity contribution in [1.29, 1.82) is 0 Å². The molecule has 8 nitrogen and oxygen atoms in total. The monoisotopic (exact) mass is 451 g/mol. The highest BCUT2D eigenvalue weighted by Crippen LogP contribution is 2.28. The first-order chi connectivity index (χ1) is 15.7. The smallest absolute Gasteiger partial charge is 0.253 e. The van der Waals surface area contributed by atoms with Crippen molar-refractivity contribution >= 4 is 17.5 Å². The molecule has 1 atom stereocenters. The molecule has 174 valence electrons. The number of nitrogens with one attached hydrogen (secondary N) is 2. The van der Waals surface area contributed by atoms with Crippen LogP contribution in [0, 0.1) is 12.7 Å². The molecule has 0 radical (unpaired) electrons. The maximum atomic E-state index is 14.6. The highest BCUT2D eigenvalue weighted by molar-refractivity contribution is 5.94. The molecule has 1 aliphatic heterocycles. The lowest BCUT2D eigenvalue weighted by Crippen LogP contribution is -2.34. The summed E-state index contributed by atoms with van der Waals surface area (Å²) in [6.45, 7) is 7.36. The quantitative estimate of drug-likeness (QED) is 0.590. The third-order valence-corrected chi connectivity index (χ3v) is 5.96. The SMILES string of the molecule is Cc1nc(-c2nc(Nc3ccc(C(=O)N4CC[C@H](N(C)C)C4)cc3)ncc2F)c(C(C)C)[nH]1. The number of aromatic amines is 1. The van der Waals surface area contributed by atoms with E-state index in [0.29, 0.717) is 28.8 Å². The predicted molar refractivity (Wildman–Crippen MR) is 126 cm³/mol. The van der Waals surface area contributed by atoms with E-state index >= 15 is 0 Å². The zero-order chi connectivity index (χ0) is 23.7. The van der Waals surface area contributed by atoms with Crippen molar-refractivity contribution in [2.45, 2.75) is 39.2 Å². The normalized spacial score (nSPS) is 16.1. The van der Waals surface area contributed by atoms with Gasteiger partial charge in [0.1, 0.15) is 17.2 Å². The average molecular weight is 452 g/mol. The number of hydrogen-bond donors (Lipinski definition) is 2. The fraction of sp³-hybridized carbons (Fsp3) is 0.417. The van der Waals surface area contributed by atoms with Gasteiger partial charge in [0.15, 0.2) is 5.82 Å². The highest BCUT2D eigenvalue weighted by atomic mass is 19.1. The summed E-state index contributed by atoms with van der Waals surface area (Å²) in [5, 5.41) is 3.10. The summed E-state index contributed by atoms with van der Waals surface area (Å²) < 4.78 is 14.6. The molecule has 0 spiro atoms. The van der Waals surface area contributed by atoms with Crippen molar-refractivity contribution in [3.05, 3.63) is 53.4 Å². The van der Waals surface area contributed by atoms with Crippen LogP contribution in [-0.4, -0.2) is 68.9 Å². The summed E-state index contributed by atoms with van der Waals surface area (Å²) in [6.07, 6.45) is 2.13. The number of carbonyl (C=O) groups is 1. The molecule has 1 amide bonds. The topological polar surface area (TPSA) is 90.0 Å². The molecule has 0 aliphatic carbocycles. The van der Waals surface area contributed by atoms with Gasteiger partial charge >= 0.3 is 0 Å². The van der Waals surface area contributed by atoms with E-state index in [1.807, 2.05) is 39.8 Å². The molecule has 1 aromatic carbocycles. The molecule has 0 saturated carbocycles.